The Morgan fingerprint density at radius 3 is 2.50 bits per heavy atom. The summed E-state index contributed by atoms with van der Waals surface area (Å²) in [6.45, 7) is 9.87. The second-order valence-electron chi connectivity index (χ2n) is 3.16. The lowest BCUT2D eigenvalue weighted by atomic mass is 10.1. The molecule has 0 aromatic rings. The number of rotatable bonds is 5. The minimum Gasteiger partial charge on any atom is -0.390 e. The third-order valence-electron chi connectivity index (χ3n) is 1.77. The van der Waals surface area contributed by atoms with Crippen LogP contribution >= 0.6 is 0 Å². The van der Waals surface area contributed by atoms with Crippen molar-refractivity contribution in [2.75, 3.05) is 0 Å². The number of nitrogens with two attached hydrogens (primary N) is 1. The van der Waals surface area contributed by atoms with Crippen LogP contribution in [0.5, 0.6) is 0 Å². The number of aliphatic imine (C=N–C) groups is 2. The minimum absolute atomic E-state index is 0.378. The first-order valence-electron chi connectivity index (χ1n) is 4.79. The molecule has 0 spiro atoms. The molecule has 0 fully saturated rings. The zero-order valence-electron chi connectivity index (χ0n) is 9.20. The van der Waals surface area contributed by atoms with E-state index in [1.165, 1.54) is 6.34 Å². The SMILES string of the molecule is C=C\C(=N/C=C(CC)\N=C\N)C(C)C. The quantitative estimate of drug-likeness (QED) is 0.529. The molecule has 0 saturated carbocycles. The highest BCUT2D eigenvalue weighted by molar-refractivity contribution is 5.96. The van der Waals surface area contributed by atoms with Crippen molar-refractivity contribution in [3.8, 4) is 0 Å². The Labute approximate surface area is 86.1 Å². The lowest BCUT2D eigenvalue weighted by Crippen LogP contribution is -2.02. The van der Waals surface area contributed by atoms with E-state index in [4.69, 9.17) is 5.73 Å². The van der Waals surface area contributed by atoms with Gasteiger partial charge in [-0.15, -0.1) is 0 Å². The van der Waals surface area contributed by atoms with Crippen molar-refractivity contribution in [3.05, 3.63) is 24.6 Å². The fraction of sp³-hybridized carbons (Fsp3) is 0.455. The topological polar surface area (TPSA) is 50.7 Å². The van der Waals surface area contributed by atoms with E-state index in [1.807, 2.05) is 6.92 Å². The average molecular weight is 193 g/mol. The van der Waals surface area contributed by atoms with Crippen molar-refractivity contribution >= 4 is 12.1 Å². The van der Waals surface area contributed by atoms with E-state index in [-0.39, 0.29) is 0 Å². The molecule has 0 aliphatic heterocycles. The fourth-order valence-corrected chi connectivity index (χ4v) is 0.898. The van der Waals surface area contributed by atoms with Gasteiger partial charge in [-0.1, -0.05) is 27.4 Å². The van der Waals surface area contributed by atoms with Crippen LogP contribution in [-0.4, -0.2) is 12.1 Å². The summed E-state index contributed by atoms with van der Waals surface area (Å²) in [4.78, 5) is 8.28. The lowest BCUT2D eigenvalue weighted by molar-refractivity contribution is 0.888. The molecular weight excluding hydrogens is 174 g/mol. The standard InChI is InChI=1S/C11H19N3/c1-5-10(14-8-12)7-13-11(6-2)9(3)4/h6-9H,2,5H2,1,3-4H3,(H2,12,14)/b10-7-,13-11+. The van der Waals surface area contributed by atoms with Gasteiger partial charge in [0.15, 0.2) is 0 Å². The van der Waals surface area contributed by atoms with Crippen LogP contribution in [0.1, 0.15) is 27.2 Å². The van der Waals surface area contributed by atoms with E-state index in [1.54, 1.807) is 12.3 Å². The van der Waals surface area contributed by atoms with Crippen molar-refractivity contribution in [2.24, 2.45) is 21.6 Å². The highest BCUT2D eigenvalue weighted by Gasteiger charge is 1.98. The number of nitrogens with zero attached hydrogens (tertiary/aromatic N) is 2. The first-order chi connectivity index (χ1) is 6.65. The summed E-state index contributed by atoms with van der Waals surface area (Å²) >= 11 is 0. The van der Waals surface area contributed by atoms with Crippen LogP contribution in [-0.2, 0) is 0 Å². The van der Waals surface area contributed by atoms with Gasteiger partial charge in [-0.2, -0.15) is 0 Å². The first-order valence-corrected chi connectivity index (χ1v) is 4.79. The van der Waals surface area contributed by atoms with E-state index >= 15 is 0 Å². The highest BCUT2D eigenvalue weighted by Crippen LogP contribution is 2.04. The predicted molar refractivity (Wildman–Crippen MR) is 63.5 cm³/mol. The summed E-state index contributed by atoms with van der Waals surface area (Å²) in [7, 11) is 0. The summed E-state index contributed by atoms with van der Waals surface area (Å²) in [5, 5.41) is 0. The molecule has 0 amide bonds. The average Bonchev–Trinajstić information content (AvgIpc) is 2.16. The van der Waals surface area contributed by atoms with Gasteiger partial charge < -0.3 is 5.73 Å². The molecule has 0 rings (SSSR count). The Morgan fingerprint density at radius 1 is 1.50 bits per heavy atom. The zero-order chi connectivity index (χ0) is 11.0. The van der Waals surface area contributed by atoms with Gasteiger partial charge in [0.25, 0.3) is 0 Å². The summed E-state index contributed by atoms with van der Waals surface area (Å²) < 4.78 is 0. The predicted octanol–water partition coefficient (Wildman–Crippen LogP) is 2.51. The van der Waals surface area contributed by atoms with E-state index in [0.29, 0.717) is 5.92 Å². The van der Waals surface area contributed by atoms with Crippen LogP contribution in [0.4, 0.5) is 0 Å². The van der Waals surface area contributed by atoms with Gasteiger partial charge in [0, 0.05) is 11.9 Å². The molecule has 2 N–H and O–H groups in total. The molecule has 0 aromatic carbocycles. The highest BCUT2D eigenvalue weighted by atomic mass is 14.8. The monoisotopic (exact) mass is 193 g/mol. The number of allylic oxidation sites excluding steroid dienone is 2. The van der Waals surface area contributed by atoms with Gasteiger partial charge in [-0.25, -0.2) is 4.99 Å². The molecule has 0 aliphatic rings. The molecule has 78 valence electrons. The normalized spacial score (nSPS) is 14.0. The molecule has 3 nitrogen and oxygen atoms in total. The van der Waals surface area contributed by atoms with Gasteiger partial charge in [0.1, 0.15) is 0 Å². The Hall–Kier alpha value is -1.38. The van der Waals surface area contributed by atoms with Crippen LogP contribution in [0.2, 0.25) is 0 Å². The van der Waals surface area contributed by atoms with Gasteiger partial charge in [-0.3, -0.25) is 4.99 Å². The molecule has 14 heavy (non-hydrogen) atoms. The van der Waals surface area contributed by atoms with Gasteiger partial charge in [0.2, 0.25) is 0 Å². The van der Waals surface area contributed by atoms with E-state index < -0.39 is 0 Å². The molecule has 0 radical (unpaired) electrons. The van der Waals surface area contributed by atoms with Crippen molar-refractivity contribution in [1.29, 1.82) is 0 Å². The molecule has 0 unspecified atom stereocenters. The van der Waals surface area contributed by atoms with Crippen LogP contribution in [0.15, 0.2) is 34.5 Å². The second-order valence-corrected chi connectivity index (χ2v) is 3.16. The Bertz CT molecular complexity index is 260. The van der Waals surface area contributed by atoms with Crippen molar-refractivity contribution < 1.29 is 0 Å². The van der Waals surface area contributed by atoms with Gasteiger partial charge >= 0.3 is 0 Å². The lowest BCUT2D eigenvalue weighted by Gasteiger charge is -2.02. The van der Waals surface area contributed by atoms with Crippen LogP contribution in [0.25, 0.3) is 0 Å². The molecule has 0 aliphatic carbocycles. The Kier molecular flexibility index (Phi) is 6.37. The van der Waals surface area contributed by atoms with Crippen molar-refractivity contribution in [1.82, 2.24) is 0 Å². The molecule has 0 aromatic heterocycles. The third kappa shape index (κ3) is 4.60. The van der Waals surface area contributed by atoms with E-state index in [0.717, 1.165) is 17.8 Å². The van der Waals surface area contributed by atoms with Crippen molar-refractivity contribution in [2.45, 2.75) is 27.2 Å². The molecule has 3 heteroatoms. The molecule has 0 saturated heterocycles. The largest absolute Gasteiger partial charge is 0.390 e. The van der Waals surface area contributed by atoms with E-state index in [9.17, 15) is 0 Å². The van der Waals surface area contributed by atoms with Crippen LogP contribution in [0.3, 0.4) is 0 Å². The summed E-state index contributed by atoms with van der Waals surface area (Å²) in [5.74, 6) is 0.378. The smallest absolute Gasteiger partial charge is 0.0856 e. The van der Waals surface area contributed by atoms with E-state index in [2.05, 4.69) is 30.4 Å². The molecule has 0 bridgehead atoms. The van der Waals surface area contributed by atoms with Gasteiger partial charge in [0.05, 0.1) is 12.0 Å². The Balaban J connectivity index is 4.69. The van der Waals surface area contributed by atoms with Crippen LogP contribution < -0.4 is 5.73 Å². The second kappa shape index (κ2) is 7.06. The minimum atomic E-state index is 0.378. The molecular formula is C11H19N3. The first kappa shape index (κ1) is 12.6. The Morgan fingerprint density at radius 2 is 2.14 bits per heavy atom. The number of hydrogen-bond donors (Lipinski definition) is 1. The number of hydrogen-bond acceptors (Lipinski definition) is 2. The fourth-order valence-electron chi connectivity index (χ4n) is 0.898. The summed E-state index contributed by atoms with van der Waals surface area (Å²) in [6.07, 6.45) is 5.61. The van der Waals surface area contributed by atoms with Crippen molar-refractivity contribution in [3.63, 3.8) is 0 Å². The maximum atomic E-state index is 5.20. The maximum Gasteiger partial charge on any atom is 0.0856 e. The third-order valence-corrected chi connectivity index (χ3v) is 1.77. The summed E-state index contributed by atoms with van der Waals surface area (Å²) in [6, 6.07) is 0. The maximum absolute atomic E-state index is 5.20. The van der Waals surface area contributed by atoms with Crippen LogP contribution in [0, 0.1) is 5.92 Å². The van der Waals surface area contributed by atoms with Gasteiger partial charge in [-0.05, 0) is 18.4 Å². The zero-order valence-corrected chi connectivity index (χ0v) is 9.20. The molecule has 0 atom stereocenters. The summed E-state index contributed by atoms with van der Waals surface area (Å²) in [5.41, 5.74) is 7.03. The molecule has 0 heterocycles.